The highest BCUT2D eigenvalue weighted by molar-refractivity contribution is 5.95. The van der Waals surface area contributed by atoms with Crippen LogP contribution in [-0.4, -0.2) is 78.9 Å². The Labute approximate surface area is 207 Å². The van der Waals surface area contributed by atoms with Crippen LogP contribution in [0.5, 0.6) is 11.8 Å². The van der Waals surface area contributed by atoms with E-state index in [1.54, 1.807) is 0 Å². The molecule has 1 atom stereocenters. The van der Waals surface area contributed by atoms with Gasteiger partial charge in [-0.3, -0.25) is 0 Å². The fourth-order valence-electron chi connectivity index (χ4n) is 5.11. The number of rotatable bonds is 7. The number of anilines is 2. The van der Waals surface area contributed by atoms with Gasteiger partial charge < -0.3 is 29.9 Å². The molecule has 1 saturated heterocycles. The molecule has 2 N–H and O–H groups in total. The van der Waals surface area contributed by atoms with E-state index in [-0.39, 0.29) is 11.9 Å². The maximum Gasteiger partial charge on any atom is 0.318 e. The minimum absolute atomic E-state index is 0.0106. The second kappa shape index (κ2) is 10.3. The van der Waals surface area contributed by atoms with Crippen LogP contribution < -0.4 is 19.9 Å². The van der Waals surface area contributed by atoms with Crippen LogP contribution in [0.15, 0.2) is 36.4 Å². The molecule has 1 aromatic heterocycles. The first kappa shape index (κ1) is 23.6. The third kappa shape index (κ3) is 5.13. The van der Waals surface area contributed by atoms with E-state index in [2.05, 4.69) is 47.0 Å². The smallest absolute Gasteiger partial charge is 0.318 e. The molecule has 0 unspecified atom stereocenters. The first-order valence-corrected chi connectivity index (χ1v) is 12.7. The molecule has 3 aromatic rings. The summed E-state index contributed by atoms with van der Waals surface area (Å²) in [6, 6.07) is 12.4. The van der Waals surface area contributed by atoms with Gasteiger partial charge in [0.1, 0.15) is 17.7 Å². The van der Waals surface area contributed by atoms with Crippen molar-refractivity contribution in [3.63, 3.8) is 0 Å². The number of phenolic OH excluding ortho intramolecular Hbond substituents is 1. The van der Waals surface area contributed by atoms with Crippen molar-refractivity contribution >= 4 is 22.3 Å². The summed E-state index contributed by atoms with van der Waals surface area (Å²) in [5, 5.41) is 16.0. The number of piperazine rings is 1. The predicted octanol–water partition coefficient (Wildman–Crippen LogP) is 3.03. The van der Waals surface area contributed by atoms with Crippen molar-refractivity contribution in [1.82, 2.24) is 20.2 Å². The summed E-state index contributed by atoms with van der Waals surface area (Å²) in [5.74, 6) is 1.30. The van der Waals surface area contributed by atoms with Crippen LogP contribution in [0.1, 0.15) is 25.1 Å². The van der Waals surface area contributed by atoms with Crippen molar-refractivity contribution in [1.29, 1.82) is 0 Å². The van der Waals surface area contributed by atoms with E-state index in [0.717, 1.165) is 80.2 Å². The van der Waals surface area contributed by atoms with E-state index in [1.807, 2.05) is 30.3 Å². The Bertz CT molecular complexity index is 1180. The minimum atomic E-state index is -0.0106. The molecule has 0 radical (unpaired) electrons. The van der Waals surface area contributed by atoms with Crippen molar-refractivity contribution in [2.75, 3.05) is 62.7 Å². The molecule has 0 amide bonds. The maximum atomic E-state index is 10.4. The normalized spacial score (nSPS) is 17.0. The van der Waals surface area contributed by atoms with Gasteiger partial charge in [0.2, 0.25) is 0 Å². The number of ether oxygens (including phenoxy) is 1. The molecule has 35 heavy (non-hydrogen) atoms. The molecule has 0 bridgehead atoms. The topological polar surface area (TPSA) is 77.0 Å². The van der Waals surface area contributed by atoms with Gasteiger partial charge in [-0.15, -0.1) is 0 Å². The number of nitrogens with zero attached hydrogens (tertiary/aromatic N) is 5. The van der Waals surface area contributed by atoms with Gasteiger partial charge in [0.05, 0.1) is 12.2 Å². The number of phenols is 1. The fourth-order valence-corrected chi connectivity index (χ4v) is 5.11. The summed E-state index contributed by atoms with van der Waals surface area (Å²) >= 11 is 0. The van der Waals surface area contributed by atoms with Gasteiger partial charge in [0.25, 0.3) is 0 Å². The van der Waals surface area contributed by atoms with Crippen LogP contribution in [0.3, 0.4) is 0 Å². The largest absolute Gasteiger partial charge is 0.508 e. The quantitative estimate of drug-likeness (QED) is 0.539. The van der Waals surface area contributed by atoms with E-state index in [1.165, 1.54) is 5.56 Å². The highest BCUT2D eigenvalue weighted by Crippen LogP contribution is 2.36. The molecule has 1 fully saturated rings. The third-order valence-electron chi connectivity index (χ3n) is 7.02. The monoisotopic (exact) mass is 476 g/mol. The Hall–Kier alpha value is -3.10. The molecule has 0 spiro atoms. The van der Waals surface area contributed by atoms with Gasteiger partial charge in [0.15, 0.2) is 0 Å². The van der Waals surface area contributed by atoms with Crippen molar-refractivity contribution in [3.05, 3.63) is 47.7 Å². The number of hydrogen-bond donors (Lipinski definition) is 2. The van der Waals surface area contributed by atoms with Gasteiger partial charge in [-0.25, -0.2) is 0 Å². The second-order valence-corrected chi connectivity index (χ2v) is 9.63. The van der Waals surface area contributed by atoms with Crippen LogP contribution >= 0.6 is 0 Å². The number of benzene rings is 2. The second-order valence-electron chi connectivity index (χ2n) is 9.63. The van der Waals surface area contributed by atoms with Crippen molar-refractivity contribution in [3.8, 4) is 11.8 Å². The lowest BCUT2D eigenvalue weighted by Crippen LogP contribution is -2.45. The minimum Gasteiger partial charge on any atom is -0.508 e. The number of hydrogen-bond acceptors (Lipinski definition) is 8. The Morgan fingerprint density at radius 2 is 1.91 bits per heavy atom. The zero-order valence-electron chi connectivity index (χ0n) is 21.0. The molecular weight excluding hydrogens is 440 g/mol. The Kier molecular flexibility index (Phi) is 6.92. The van der Waals surface area contributed by atoms with Crippen molar-refractivity contribution in [2.45, 2.75) is 32.9 Å². The molecular formula is C27H36N6O2. The molecule has 0 aliphatic carbocycles. The number of fused-ring (bicyclic) bond motifs is 2. The molecule has 186 valence electrons. The zero-order chi connectivity index (χ0) is 24.4. The van der Waals surface area contributed by atoms with Gasteiger partial charge >= 0.3 is 6.01 Å². The molecule has 5 rings (SSSR count). The van der Waals surface area contributed by atoms with E-state index in [9.17, 15) is 5.11 Å². The van der Waals surface area contributed by atoms with Gasteiger partial charge in [-0.05, 0) is 38.4 Å². The molecule has 0 saturated carbocycles. The van der Waals surface area contributed by atoms with E-state index >= 15 is 0 Å². The number of likely N-dealkylation sites (N-methyl/N-ethyl adjacent to an activating group) is 1. The number of nitrogens with one attached hydrogen (secondary N) is 1. The van der Waals surface area contributed by atoms with Crippen molar-refractivity contribution in [2.24, 2.45) is 0 Å². The standard InChI is InChI=1S/C27H36N6O2/c1-4-31(3)17-19(2)35-27-29-24-18-33(25-16-21(34)15-20-7-5-6-8-22(20)25)12-9-23(24)26(30-27)32-13-10-28-11-14-32/h5-8,15-16,19,28,34H,4,9-14,17-18H2,1-3H3/t19-/m1/s1. The lowest BCUT2D eigenvalue weighted by molar-refractivity contribution is 0.153. The number of aromatic hydroxyl groups is 1. The summed E-state index contributed by atoms with van der Waals surface area (Å²) in [5.41, 5.74) is 3.27. The lowest BCUT2D eigenvalue weighted by atomic mass is 10.0. The van der Waals surface area contributed by atoms with Gasteiger partial charge in [-0.2, -0.15) is 9.97 Å². The Morgan fingerprint density at radius 3 is 2.71 bits per heavy atom. The molecule has 8 nitrogen and oxygen atoms in total. The SMILES string of the molecule is CCN(C)C[C@@H](C)Oc1nc2c(c(N3CCNCC3)n1)CCN(c1cc(O)cc3ccccc13)C2. The van der Waals surface area contributed by atoms with Crippen LogP contribution in [0.4, 0.5) is 11.5 Å². The fraction of sp³-hybridized carbons (Fsp3) is 0.481. The summed E-state index contributed by atoms with van der Waals surface area (Å²) in [6.45, 7) is 11.3. The maximum absolute atomic E-state index is 10.4. The average Bonchev–Trinajstić information content (AvgIpc) is 2.87. The summed E-state index contributed by atoms with van der Waals surface area (Å²) in [4.78, 5) is 16.8. The molecule has 2 aliphatic rings. The van der Waals surface area contributed by atoms with Crippen molar-refractivity contribution < 1.29 is 9.84 Å². The van der Waals surface area contributed by atoms with E-state index in [0.29, 0.717) is 12.6 Å². The van der Waals surface area contributed by atoms with Crippen LogP contribution in [0.25, 0.3) is 10.8 Å². The Balaban J connectivity index is 1.49. The highest BCUT2D eigenvalue weighted by atomic mass is 16.5. The van der Waals surface area contributed by atoms with Gasteiger partial charge in [-0.1, -0.05) is 31.2 Å². The van der Waals surface area contributed by atoms with Crippen LogP contribution in [-0.2, 0) is 13.0 Å². The average molecular weight is 477 g/mol. The van der Waals surface area contributed by atoms with Crippen LogP contribution in [0, 0.1) is 0 Å². The van der Waals surface area contributed by atoms with E-state index in [4.69, 9.17) is 14.7 Å². The van der Waals surface area contributed by atoms with Gasteiger partial charge in [0, 0.05) is 62.0 Å². The zero-order valence-corrected chi connectivity index (χ0v) is 21.0. The van der Waals surface area contributed by atoms with Crippen LogP contribution in [0.2, 0.25) is 0 Å². The number of aromatic nitrogens is 2. The predicted molar refractivity (Wildman–Crippen MR) is 141 cm³/mol. The molecule has 8 heteroatoms. The summed E-state index contributed by atoms with van der Waals surface area (Å²) in [6.07, 6.45) is 0.844. The van der Waals surface area contributed by atoms with E-state index < -0.39 is 0 Å². The first-order chi connectivity index (χ1) is 17.0. The summed E-state index contributed by atoms with van der Waals surface area (Å²) in [7, 11) is 2.09. The summed E-state index contributed by atoms with van der Waals surface area (Å²) < 4.78 is 6.25. The lowest BCUT2D eigenvalue weighted by Gasteiger charge is -2.35. The highest BCUT2D eigenvalue weighted by Gasteiger charge is 2.27. The molecule has 2 aliphatic heterocycles. The molecule has 2 aromatic carbocycles. The first-order valence-electron chi connectivity index (χ1n) is 12.7. The molecule has 3 heterocycles. The Morgan fingerprint density at radius 1 is 1.11 bits per heavy atom. The third-order valence-corrected chi connectivity index (χ3v) is 7.02.